The first kappa shape index (κ1) is 7.38. The summed E-state index contributed by atoms with van der Waals surface area (Å²) in [6.07, 6.45) is 0.680. The molecule has 0 N–H and O–H groups in total. The van der Waals surface area contributed by atoms with Gasteiger partial charge >= 0.3 is 46.5 Å². The molecule has 0 aliphatic carbocycles. The Balaban J connectivity index is 2.68. The van der Waals surface area contributed by atoms with Gasteiger partial charge in [-0.25, -0.2) is 0 Å². The van der Waals surface area contributed by atoms with Crippen LogP contribution >= 0.6 is 0 Å². The summed E-state index contributed by atoms with van der Waals surface area (Å²) in [5.41, 5.74) is 0. The van der Waals surface area contributed by atoms with E-state index >= 15 is 0 Å². The molecule has 0 saturated carbocycles. The molecule has 0 aromatic rings. The summed E-state index contributed by atoms with van der Waals surface area (Å²) in [6.45, 7) is 2.02. The Labute approximate surface area is 47.3 Å². The Morgan fingerprint density at radius 3 is 2.29 bits per heavy atom. The predicted octanol–water partition coefficient (Wildman–Crippen LogP) is 1.34. The van der Waals surface area contributed by atoms with Gasteiger partial charge in [0.15, 0.2) is 0 Å². The van der Waals surface area contributed by atoms with Gasteiger partial charge in [-0.05, 0) is 0 Å². The number of rotatable bonds is 3. The fraction of sp³-hybridized carbons (Fsp3) is 1.00. The number of halogens is 2. The van der Waals surface area contributed by atoms with E-state index in [2.05, 4.69) is 3.73 Å². The van der Waals surface area contributed by atoms with Crippen molar-refractivity contribution in [2.45, 2.75) is 13.3 Å². The second-order valence-corrected chi connectivity index (χ2v) is 2.42. The zero-order valence-corrected chi connectivity index (χ0v) is 5.90. The molecule has 0 aliphatic heterocycles. The molecular weight excluding hydrogens is 165 g/mol. The van der Waals surface area contributed by atoms with E-state index in [1.54, 1.807) is 6.92 Å². The van der Waals surface area contributed by atoms with Crippen LogP contribution < -0.4 is 0 Å². The molecule has 0 fully saturated rings. The van der Waals surface area contributed by atoms with E-state index < -0.39 is 15.9 Å². The van der Waals surface area contributed by atoms with Crippen LogP contribution in [0.15, 0.2) is 0 Å². The average molecular weight is 172 g/mol. The summed E-state index contributed by atoms with van der Waals surface area (Å²) in [5, 5.41) is 0. The standard InChI is InChI=1S/C3H7AsF2O/c1-2-3-7-4(5)6/h2-3H2,1H3. The topological polar surface area (TPSA) is 9.23 Å². The van der Waals surface area contributed by atoms with Gasteiger partial charge in [-0.15, -0.1) is 0 Å². The van der Waals surface area contributed by atoms with Gasteiger partial charge in [0.1, 0.15) is 0 Å². The first-order valence-corrected chi connectivity index (χ1v) is 4.20. The quantitative estimate of drug-likeness (QED) is 0.583. The molecule has 0 spiro atoms. The SMILES string of the molecule is CCCO[As](F)F. The Morgan fingerprint density at radius 2 is 2.14 bits per heavy atom. The summed E-state index contributed by atoms with van der Waals surface area (Å²) >= 11 is -3.74. The predicted molar refractivity (Wildman–Crippen MR) is 24.2 cm³/mol. The van der Waals surface area contributed by atoms with Crippen molar-refractivity contribution in [3.8, 4) is 0 Å². The van der Waals surface area contributed by atoms with Crippen LogP contribution in [-0.4, -0.2) is 22.5 Å². The third-order valence-corrected chi connectivity index (χ3v) is 1.19. The van der Waals surface area contributed by atoms with Crippen molar-refractivity contribution >= 4 is 15.9 Å². The van der Waals surface area contributed by atoms with E-state index in [1.165, 1.54) is 0 Å². The first-order valence-electron chi connectivity index (χ1n) is 2.02. The molecule has 0 saturated heterocycles. The molecule has 44 valence electrons. The van der Waals surface area contributed by atoms with Gasteiger partial charge in [-0.3, -0.25) is 0 Å². The van der Waals surface area contributed by atoms with Crippen molar-refractivity contribution in [1.82, 2.24) is 0 Å². The van der Waals surface area contributed by atoms with Crippen molar-refractivity contribution in [1.29, 1.82) is 0 Å². The molecule has 0 atom stereocenters. The normalized spacial score (nSPS) is 10.3. The molecule has 1 nitrogen and oxygen atoms in total. The minimum atomic E-state index is -3.74. The summed E-state index contributed by atoms with van der Waals surface area (Å²) < 4.78 is 26.3. The zero-order valence-electron chi connectivity index (χ0n) is 4.03. The number of hydrogen-bond donors (Lipinski definition) is 0. The van der Waals surface area contributed by atoms with Crippen LogP contribution in [0.25, 0.3) is 0 Å². The van der Waals surface area contributed by atoms with Crippen LogP contribution in [0.3, 0.4) is 0 Å². The molecule has 0 aliphatic rings. The van der Waals surface area contributed by atoms with E-state index in [9.17, 15) is 6.93 Å². The third-order valence-electron chi connectivity index (χ3n) is 0.393. The molecule has 0 radical (unpaired) electrons. The summed E-state index contributed by atoms with van der Waals surface area (Å²) in [5.74, 6) is 0. The van der Waals surface area contributed by atoms with Crippen LogP contribution in [0.1, 0.15) is 13.3 Å². The van der Waals surface area contributed by atoms with Gasteiger partial charge in [-0.1, -0.05) is 0 Å². The van der Waals surface area contributed by atoms with Crippen LogP contribution in [0.4, 0.5) is 6.93 Å². The van der Waals surface area contributed by atoms with Gasteiger partial charge in [0.25, 0.3) is 0 Å². The van der Waals surface area contributed by atoms with Crippen molar-refractivity contribution in [3.05, 3.63) is 0 Å². The molecule has 0 rings (SSSR count). The zero-order chi connectivity index (χ0) is 5.70. The van der Waals surface area contributed by atoms with Crippen LogP contribution in [0.2, 0.25) is 0 Å². The fourth-order valence-electron chi connectivity index (χ4n) is 0.160. The Morgan fingerprint density at radius 1 is 1.57 bits per heavy atom. The Hall–Kier alpha value is 0.378. The van der Waals surface area contributed by atoms with E-state index in [1.807, 2.05) is 0 Å². The van der Waals surface area contributed by atoms with E-state index in [4.69, 9.17) is 0 Å². The van der Waals surface area contributed by atoms with Gasteiger partial charge in [0, 0.05) is 0 Å². The summed E-state index contributed by atoms with van der Waals surface area (Å²) in [4.78, 5) is 0. The maximum atomic E-state index is 11.1. The van der Waals surface area contributed by atoms with Crippen LogP contribution in [0.5, 0.6) is 0 Å². The molecule has 0 heterocycles. The molecule has 0 aromatic carbocycles. The van der Waals surface area contributed by atoms with Crippen molar-refractivity contribution in [3.63, 3.8) is 0 Å². The van der Waals surface area contributed by atoms with Gasteiger partial charge in [0.2, 0.25) is 0 Å². The van der Waals surface area contributed by atoms with Crippen LogP contribution in [0, 0.1) is 0 Å². The molecule has 0 aromatic heterocycles. The van der Waals surface area contributed by atoms with Gasteiger partial charge < -0.3 is 0 Å². The first-order chi connectivity index (χ1) is 3.27. The average Bonchev–Trinajstić information content (AvgIpc) is 1.61. The molecular formula is C3H7AsF2O. The van der Waals surface area contributed by atoms with Crippen molar-refractivity contribution in [2.75, 3.05) is 6.61 Å². The maximum absolute atomic E-state index is 11.1. The second kappa shape index (κ2) is 4.54. The van der Waals surface area contributed by atoms with E-state index in [0.29, 0.717) is 6.42 Å². The Kier molecular flexibility index (Phi) is 4.78. The minimum absolute atomic E-state index is 0.215. The second-order valence-electron chi connectivity index (χ2n) is 1.04. The molecule has 7 heavy (non-hydrogen) atoms. The third kappa shape index (κ3) is 6.38. The van der Waals surface area contributed by atoms with Crippen molar-refractivity contribution < 1.29 is 10.7 Å². The monoisotopic (exact) mass is 172 g/mol. The molecule has 0 unspecified atom stereocenters. The summed E-state index contributed by atoms with van der Waals surface area (Å²) in [6, 6.07) is 0. The van der Waals surface area contributed by atoms with E-state index in [0.717, 1.165) is 0 Å². The fourth-order valence-corrected chi connectivity index (χ4v) is 0.833. The molecule has 4 heteroatoms. The Bertz CT molecular complexity index is 41.9. The number of hydrogen-bond acceptors (Lipinski definition) is 1. The summed E-state index contributed by atoms with van der Waals surface area (Å²) in [7, 11) is 0. The van der Waals surface area contributed by atoms with Gasteiger partial charge in [0.05, 0.1) is 0 Å². The van der Waals surface area contributed by atoms with E-state index in [-0.39, 0.29) is 6.61 Å². The van der Waals surface area contributed by atoms with Gasteiger partial charge in [-0.2, -0.15) is 0 Å². The van der Waals surface area contributed by atoms with Crippen LogP contribution in [-0.2, 0) is 3.73 Å². The molecule has 0 bridgehead atoms. The molecule has 0 amide bonds. The van der Waals surface area contributed by atoms with Crippen molar-refractivity contribution in [2.24, 2.45) is 0 Å².